The van der Waals surface area contributed by atoms with E-state index in [2.05, 4.69) is 40.1 Å². The molecule has 0 radical (unpaired) electrons. The van der Waals surface area contributed by atoms with Gasteiger partial charge in [-0.2, -0.15) is 0 Å². The summed E-state index contributed by atoms with van der Waals surface area (Å²) in [7, 11) is -2.75. The number of nitrogens with one attached hydrogen (secondary N) is 3. The number of carbonyl (C=O) groups excluding carboxylic acids is 4. The monoisotopic (exact) mass is 891 g/mol. The number of hydrogen-bond acceptors (Lipinski definition) is 10. The number of fused-ring (bicyclic) bond motifs is 2. The first-order chi connectivity index (χ1) is 30.4. The SMILES string of the molecule is C=CC1=CC[C@@](NC(=O)[C@@H]2C[C@@H](Oc3cc(-c4ccc5c(c4)CCCC5)nc4cc(OC)ccc34)CN2C(=O)[C@@H](NC(=O)OC(C)(C)C)C(C)C)(C(=O)NS(=O)(=O)c2ccccc2)C1. The Labute approximate surface area is 374 Å². The van der Waals surface area contributed by atoms with Crippen LogP contribution in [0.5, 0.6) is 11.5 Å². The summed E-state index contributed by atoms with van der Waals surface area (Å²) in [4.78, 5) is 63.1. The molecule has 1 fully saturated rings. The summed E-state index contributed by atoms with van der Waals surface area (Å²) in [6.07, 6.45) is 5.91. The Balaban J connectivity index is 1.24. The van der Waals surface area contributed by atoms with Gasteiger partial charge in [0.15, 0.2) is 0 Å². The maximum atomic E-state index is 14.8. The molecular weight excluding hydrogens is 835 g/mol. The first kappa shape index (κ1) is 45.8. The number of ether oxygens (including phenoxy) is 3. The summed E-state index contributed by atoms with van der Waals surface area (Å²) in [5, 5.41) is 6.28. The normalized spacial score (nSPS) is 20.2. The Hall–Kier alpha value is -6.22. The predicted octanol–water partition coefficient (Wildman–Crippen LogP) is 6.95. The lowest BCUT2D eigenvalue weighted by Gasteiger charge is -2.34. The van der Waals surface area contributed by atoms with Gasteiger partial charge in [-0.1, -0.05) is 62.9 Å². The van der Waals surface area contributed by atoms with Gasteiger partial charge in [0, 0.05) is 35.9 Å². The van der Waals surface area contributed by atoms with Crippen molar-refractivity contribution < 1.29 is 41.8 Å². The number of sulfonamides is 1. The third-order valence-corrected chi connectivity index (χ3v) is 13.3. The van der Waals surface area contributed by atoms with Crippen molar-refractivity contribution in [2.45, 2.75) is 114 Å². The fourth-order valence-corrected chi connectivity index (χ4v) is 9.67. The Morgan fingerprint density at radius 2 is 1.70 bits per heavy atom. The van der Waals surface area contributed by atoms with Gasteiger partial charge in [0.05, 0.1) is 29.8 Å². The maximum absolute atomic E-state index is 14.8. The zero-order valence-corrected chi connectivity index (χ0v) is 38.0. The lowest BCUT2D eigenvalue weighted by molar-refractivity contribution is -0.142. The van der Waals surface area contributed by atoms with Gasteiger partial charge in [0.1, 0.15) is 40.8 Å². The molecule has 1 aliphatic heterocycles. The average Bonchev–Trinajstić information content (AvgIpc) is 3.89. The number of aryl methyl sites for hydroxylation is 2. The molecular formula is C49H57N5O9S. The Morgan fingerprint density at radius 1 is 0.969 bits per heavy atom. The lowest BCUT2D eigenvalue weighted by atomic mass is 9.90. The fourth-order valence-electron chi connectivity index (χ4n) is 8.60. The standard InChI is InChI=1S/C49H57N5O9S/c1-8-31-22-23-49(28-31,46(57)53-64(59,60)37-16-10-9-11-17-37)52-44(55)41-26-36(29-54(41)45(56)43(30(2)3)51-47(58)63-48(4,5)6)62-42-27-39(50-40-25-35(61-7)20-21-38(40)42)34-19-18-32-14-12-13-15-33(32)24-34/h8-11,16-22,24-25,27,30,36,41,43H,1,12-15,23,26,28-29H2,2-7H3,(H,51,58)(H,52,55)(H,53,57)/t36-,41+,43+,49+/m1/s1. The van der Waals surface area contributed by atoms with Crippen molar-refractivity contribution in [3.63, 3.8) is 0 Å². The van der Waals surface area contributed by atoms with Crippen LogP contribution < -0.4 is 24.8 Å². The number of alkyl carbamates (subject to hydrolysis) is 1. The molecule has 3 aliphatic rings. The molecule has 4 aromatic rings. The lowest BCUT2D eigenvalue weighted by Crippen LogP contribution is -2.62. The van der Waals surface area contributed by atoms with E-state index >= 15 is 0 Å². The Bertz CT molecular complexity index is 2610. The minimum absolute atomic E-state index is 0.00919. The number of allylic oxidation sites excluding steroid dienone is 1. The van der Waals surface area contributed by atoms with E-state index in [1.165, 1.54) is 40.3 Å². The molecule has 4 atom stereocenters. The van der Waals surface area contributed by atoms with Crippen LogP contribution in [0.4, 0.5) is 4.79 Å². The molecule has 0 unspecified atom stereocenters. The van der Waals surface area contributed by atoms with Crippen LogP contribution in [0.2, 0.25) is 0 Å². The average molecular weight is 892 g/mol. The molecule has 7 rings (SSSR count). The van der Waals surface area contributed by atoms with Crippen molar-refractivity contribution >= 4 is 44.7 Å². The summed E-state index contributed by atoms with van der Waals surface area (Å²) < 4.78 is 46.9. The highest BCUT2D eigenvalue weighted by Gasteiger charge is 2.49. The molecule has 1 saturated heterocycles. The van der Waals surface area contributed by atoms with E-state index in [1.807, 2.05) is 18.2 Å². The van der Waals surface area contributed by atoms with Gasteiger partial charge in [0.25, 0.3) is 15.9 Å². The summed E-state index contributed by atoms with van der Waals surface area (Å²) >= 11 is 0. The number of aromatic nitrogens is 1. The Morgan fingerprint density at radius 3 is 2.38 bits per heavy atom. The number of rotatable bonds is 13. The van der Waals surface area contributed by atoms with Crippen LogP contribution in [0, 0.1) is 5.92 Å². The number of benzene rings is 3. The van der Waals surface area contributed by atoms with Crippen LogP contribution in [0.25, 0.3) is 22.2 Å². The number of nitrogens with zero attached hydrogens (tertiary/aromatic N) is 2. The van der Waals surface area contributed by atoms with Crippen molar-refractivity contribution in [3.05, 3.63) is 108 Å². The van der Waals surface area contributed by atoms with Crippen molar-refractivity contribution in [1.29, 1.82) is 0 Å². The first-order valence-electron chi connectivity index (χ1n) is 21.7. The second-order valence-corrected chi connectivity index (χ2v) is 19.8. The molecule has 2 aliphatic carbocycles. The number of likely N-dealkylation sites (tertiary alicyclic amines) is 1. The van der Waals surface area contributed by atoms with Gasteiger partial charge >= 0.3 is 6.09 Å². The van der Waals surface area contributed by atoms with Gasteiger partial charge in [-0.25, -0.2) is 22.9 Å². The molecule has 0 spiro atoms. The fraction of sp³-hybridized carbons (Fsp3) is 0.408. The zero-order chi connectivity index (χ0) is 46.0. The third kappa shape index (κ3) is 10.1. The van der Waals surface area contributed by atoms with E-state index < -0.39 is 69.1 Å². The number of amides is 4. The van der Waals surface area contributed by atoms with Crippen LogP contribution in [0.1, 0.15) is 77.8 Å². The molecule has 3 N–H and O–H groups in total. The van der Waals surface area contributed by atoms with Crippen LogP contribution in [0.15, 0.2) is 102 Å². The highest BCUT2D eigenvalue weighted by atomic mass is 32.2. The third-order valence-electron chi connectivity index (χ3n) is 11.9. The molecule has 338 valence electrons. The summed E-state index contributed by atoms with van der Waals surface area (Å²) in [5.41, 5.74) is 2.89. The van der Waals surface area contributed by atoms with Crippen molar-refractivity contribution in [1.82, 2.24) is 25.2 Å². The molecule has 1 aromatic heterocycles. The molecule has 4 amide bonds. The van der Waals surface area contributed by atoms with Gasteiger partial charge in [-0.15, -0.1) is 0 Å². The molecule has 0 bridgehead atoms. The maximum Gasteiger partial charge on any atom is 0.408 e. The molecule has 64 heavy (non-hydrogen) atoms. The van der Waals surface area contributed by atoms with Gasteiger partial charge in [-0.3, -0.25) is 14.4 Å². The molecule has 3 aromatic carbocycles. The van der Waals surface area contributed by atoms with Crippen molar-refractivity contribution in [2.24, 2.45) is 5.92 Å². The van der Waals surface area contributed by atoms with E-state index in [0.717, 1.165) is 31.2 Å². The van der Waals surface area contributed by atoms with Gasteiger partial charge in [0.2, 0.25) is 11.8 Å². The summed E-state index contributed by atoms with van der Waals surface area (Å²) in [6.45, 7) is 12.4. The number of methoxy groups -OCH3 is 1. The number of carbonyl (C=O) groups is 4. The van der Waals surface area contributed by atoms with Crippen LogP contribution in [0.3, 0.4) is 0 Å². The smallest absolute Gasteiger partial charge is 0.408 e. The van der Waals surface area contributed by atoms with E-state index in [9.17, 15) is 27.6 Å². The quantitative estimate of drug-likeness (QED) is 0.127. The van der Waals surface area contributed by atoms with E-state index in [0.29, 0.717) is 33.7 Å². The largest absolute Gasteiger partial charge is 0.497 e. The number of pyridine rings is 1. The van der Waals surface area contributed by atoms with Gasteiger partial charge in [-0.05, 0) is 106 Å². The topological polar surface area (TPSA) is 182 Å². The number of hydrogen-bond donors (Lipinski definition) is 3. The highest BCUT2D eigenvalue weighted by molar-refractivity contribution is 7.90. The minimum atomic E-state index is -4.33. The van der Waals surface area contributed by atoms with Crippen molar-refractivity contribution in [2.75, 3.05) is 13.7 Å². The summed E-state index contributed by atoms with van der Waals surface area (Å²) in [6, 6.07) is 18.9. The van der Waals surface area contributed by atoms with E-state index in [4.69, 9.17) is 19.2 Å². The van der Waals surface area contributed by atoms with E-state index in [-0.39, 0.29) is 30.7 Å². The molecule has 0 saturated carbocycles. The van der Waals surface area contributed by atoms with Crippen LogP contribution in [-0.4, -0.2) is 85.1 Å². The Kier molecular flexibility index (Phi) is 13.2. The van der Waals surface area contributed by atoms with Gasteiger partial charge < -0.3 is 29.7 Å². The second kappa shape index (κ2) is 18.5. The zero-order valence-electron chi connectivity index (χ0n) is 37.2. The predicted molar refractivity (Wildman–Crippen MR) is 243 cm³/mol. The second-order valence-electron chi connectivity index (χ2n) is 18.1. The van der Waals surface area contributed by atoms with Crippen LogP contribution in [-0.2, 0) is 42.0 Å². The highest BCUT2D eigenvalue weighted by Crippen LogP contribution is 2.37. The van der Waals surface area contributed by atoms with E-state index in [1.54, 1.807) is 66.0 Å². The molecule has 15 heteroatoms. The molecule has 14 nitrogen and oxygen atoms in total. The molecule has 2 heterocycles. The first-order valence-corrected chi connectivity index (χ1v) is 23.2. The summed E-state index contributed by atoms with van der Waals surface area (Å²) in [5.74, 6) is -1.56. The minimum Gasteiger partial charge on any atom is -0.497 e. The van der Waals surface area contributed by atoms with Crippen molar-refractivity contribution in [3.8, 4) is 22.8 Å². The van der Waals surface area contributed by atoms with Crippen LogP contribution >= 0.6 is 0 Å².